The van der Waals surface area contributed by atoms with Gasteiger partial charge in [-0.05, 0) is 24.3 Å². The van der Waals surface area contributed by atoms with Crippen LogP contribution in [0.1, 0.15) is 17.4 Å². The molecule has 0 saturated carbocycles. The topological polar surface area (TPSA) is 130 Å². The number of hydrogen-bond acceptors (Lipinski definition) is 5. The molecule has 2 aromatic rings. The van der Waals surface area contributed by atoms with Crippen molar-refractivity contribution in [3.05, 3.63) is 36.0 Å². The minimum absolute atomic E-state index is 0.0471. The summed E-state index contributed by atoms with van der Waals surface area (Å²) in [5.74, 6) is -1.59. The first-order valence-corrected chi connectivity index (χ1v) is 7.85. The van der Waals surface area contributed by atoms with Crippen LogP contribution >= 0.6 is 0 Å². The minimum Gasteiger partial charge on any atom is -0.477 e. The molecule has 10 heteroatoms. The third kappa shape index (κ3) is 3.86. The highest BCUT2D eigenvalue weighted by molar-refractivity contribution is 7.92. The monoisotopic (exact) mass is 338 g/mol. The van der Waals surface area contributed by atoms with E-state index in [1.165, 1.54) is 38.2 Å². The fourth-order valence-electron chi connectivity index (χ4n) is 1.83. The summed E-state index contributed by atoms with van der Waals surface area (Å²) in [4.78, 5) is 21.8. The van der Waals surface area contributed by atoms with Gasteiger partial charge in [-0.1, -0.05) is 0 Å². The largest absolute Gasteiger partial charge is 0.477 e. The Bertz CT molecular complexity index is 855. The maximum Gasteiger partial charge on any atom is 0.354 e. The first-order chi connectivity index (χ1) is 10.7. The van der Waals surface area contributed by atoms with Crippen LogP contribution < -0.4 is 10.0 Å². The normalized spacial score (nSPS) is 11.0. The molecule has 1 aromatic heterocycles. The van der Waals surface area contributed by atoms with Gasteiger partial charge in [0, 0.05) is 25.7 Å². The Labute approximate surface area is 132 Å². The van der Waals surface area contributed by atoms with Gasteiger partial charge < -0.3 is 10.4 Å². The van der Waals surface area contributed by atoms with Crippen molar-refractivity contribution in [3.63, 3.8) is 0 Å². The molecule has 3 N–H and O–H groups in total. The number of nitrogens with zero attached hydrogens (tertiary/aromatic N) is 2. The Balaban J connectivity index is 2.23. The predicted octanol–water partition coefficient (Wildman–Crippen LogP) is 0.877. The van der Waals surface area contributed by atoms with Crippen LogP contribution in [0.4, 0.5) is 11.5 Å². The molecule has 122 valence electrons. The van der Waals surface area contributed by atoms with Gasteiger partial charge in [-0.2, -0.15) is 5.10 Å². The number of hydrogen-bond donors (Lipinski definition) is 3. The van der Waals surface area contributed by atoms with Crippen molar-refractivity contribution >= 4 is 33.4 Å². The number of rotatable bonds is 5. The number of aromatic nitrogens is 2. The maximum absolute atomic E-state index is 12.2. The van der Waals surface area contributed by atoms with Crippen molar-refractivity contribution in [3.8, 4) is 0 Å². The Hall–Kier alpha value is -2.88. The van der Waals surface area contributed by atoms with Crippen molar-refractivity contribution < 1.29 is 23.1 Å². The molecule has 0 saturated heterocycles. The molecule has 1 aromatic carbocycles. The Morgan fingerprint density at radius 1 is 1.22 bits per heavy atom. The molecule has 0 fully saturated rings. The number of carbonyl (C=O) groups is 2. The van der Waals surface area contributed by atoms with E-state index in [9.17, 15) is 18.0 Å². The van der Waals surface area contributed by atoms with E-state index in [2.05, 4.69) is 15.1 Å². The Kier molecular flexibility index (Phi) is 4.36. The summed E-state index contributed by atoms with van der Waals surface area (Å²) < 4.78 is 27.7. The van der Waals surface area contributed by atoms with Gasteiger partial charge >= 0.3 is 5.97 Å². The zero-order valence-electron chi connectivity index (χ0n) is 12.3. The van der Waals surface area contributed by atoms with E-state index >= 15 is 0 Å². The SMILES string of the molecule is CC(=O)Nc1ccc(S(=O)(=O)Nc2cc(C(=O)O)n(C)n2)cc1. The highest BCUT2D eigenvalue weighted by atomic mass is 32.2. The van der Waals surface area contributed by atoms with Gasteiger partial charge in [0.1, 0.15) is 5.69 Å². The number of benzene rings is 1. The average molecular weight is 338 g/mol. The molecule has 1 heterocycles. The number of nitrogens with one attached hydrogen (secondary N) is 2. The molecule has 9 nitrogen and oxygen atoms in total. The fraction of sp³-hybridized carbons (Fsp3) is 0.154. The maximum atomic E-state index is 12.2. The average Bonchev–Trinajstić information content (AvgIpc) is 2.79. The number of carboxylic acid groups (broad SMARTS) is 1. The van der Waals surface area contributed by atoms with Gasteiger partial charge in [0.25, 0.3) is 10.0 Å². The quantitative estimate of drug-likeness (QED) is 0.742. The molecule has 0 aliphatic carbocycles. The molecule has 0 aliphatic heterocycles. The molecule has 2 rings (SSSR count). The van der Waals surface area contributed by atoms with Crippen LogP contribution in [0.3, 0.4) is 0 Å². The highest BCUT2D eigenvalue weighted by Crippen LogP contribution is 2.18. The van der Waals surface area contributed by atoms with E-state index < -0.39 is 16.0 Å². The minimum atomic E-state index is -3.92. The fourth-order valence-corrected chi connectivity index (χ4v) is 2.82. The zero-order chi connectivity index (χ0) is 17.2. The number of carboxylic acids is 1. The van der Waals surface area contributed by atoms with Crippen LogP contribution in [0.25, 0.3) is 0 Å². The third-order valence-electron chi connectivity index (χ3n) is 2.82. The summed E-state index contributed by atoms with van der Waals surface area (Å²) in [7, 11) is -2.53. The number of carbonyl (C=O) groups excluding carboxylic acids is 1. The smallest absolute Gasteiger partial charge is 0.354 e. The van der Waals surface area contributed by atoms with Gasteiger partial charge in [-0.15, -0.1) is 0 Å². The highest BCUT2D eigenvalue weighted by Gasteiger charge is 2.18. The number of anilines is 2. The molecule has 0 spiro atoms. The third-order valence-corrected chi connectivity index (χ3v) is 4.19. The first-order valence-electron chi connectivity index (χ1n) is 6.37. The summed E-state index contributed by atoms with van der Waals surface area (Å²) in [5.41, 5.74) is 0.311. The van der Waals surface area contributed by atoms with E-state index in [1.807, 2.05) is 0 Å². The van der Waals surface area contributed by atoms with Crippen LogP contribution in [0.15, 0.2) is 35.2 Å². The summed E-state index contributed by atoms with van der Waals surface area (Å²) >= 11 is 0. The molecule has 0 bridgehead atoms. The first kappa shape index (κ1) is 16.5. The molecule has 0 radical (unpaired) electrons. The van der Waals surface area contributed by atoms with Gasteiger partial charge in [-0.3, -0.25) is 14.2 Å². The van der Waals surface area contributed by atoms with Crippen molar-refractivity contribution in [2.45, 2.75) is 11.8 Å². The Morgan fingerprint density at radius 3 is 2.30 bits per heavy atom. The number of aryl methyl sites for hydroxylation is 1. The van der Waals surface area contributed by atoms with E-state index in [0.29, 0.717) is 5.69 Å². The zero-order valence-corrected chi connectivity index (χ0v) is 13.1. The van der Waals surface area contributed by atoms with E-state index in [0.717, 1.165) is 10.7 Å². The molecule has 0 unspecified atom stereocenters. The summed E-state index contributed by atoms with van der Waals surface area (Å²) in [6, 6.07) is 6.63. The van der Waals surface area contributed by atoms with E-state index in [1.54, 1.807) is 0 Å². The second-order valence-corrected chi connectivity index (χ2v) is 6.34. The summed E-state index contributed by atoms with van der Waals surface area (Å²) in [6.07, 6.45) is 0. The summed E-state index contributed by atoms with van der Waals surface area (Å²) in [5, 5.41) is 15.2. The summed E-state index contributed by atoms with van der Waals surface area (Å²) in [6.45, 7) is 1.34. The lowest BCUT2D eigenvalue weighted by atomic mass is 10.3. The Morgan fingerprint density at radius 2 is 1.83 bits per heavy atom. The second kappa shape index (κ2) is 6.08. The molecular formula is C13H14N4O5S. The van der Waals surface area contributed by atoms with Crippen molar-refractivity contribution in [1.29, 1.82) is 0 Å². The number of aromatic carboxylic acids is 1. The molecule has 0 aliphatic rings. The van der Waals surface area contributed by atoms with Crippen LogP contribution in [-0.4, -0.2) is 35.2 Å². The standard InChI is InChI=1S/C13H14N4O5S/c1-8(18)14-9-3-5-10(6-4-9)23(21,22)16-12-7-11(13(19)20)17(2)15-12/h3-7H,1-2H3,(H,14,18)(H,15,16)(H,19,20). The van der Waals surface area contributed by atoms with Crippen LogP contribution in [-0.2, 0) is 21.9 Å². The van der Waals surface area contributed by atoms with Crippen molar-refractivity contribution in [2.24, 2.45) is 7.05 Å². The van der Waals surface area contributed by atoms with Gasteiger partial charge in [0.15, 0.2) is 5.82 Å². The van der Waals surface area contributed by atoms with Crippen LogP contribution in [0.5, 0.6) is 0 Å². The lowest BCUT2D eigenvalue weighted by Crippen LogP contribution is -2.14. The van der Waals surface area contributed by atoms with Gasteiger partial charge in [-0.25, -0.2) is 13.2 Å². The van der Waals surface area contributed by atoms with Gasteiger partial charge in [0.05, 0.1) is 4.90 Å². The second-order valence-electron chi connectivity index (χ2n) is 4.65. The molecular weight excluding hydrogens is 324 g/mol. The van der Waals surface area contributed by atoms with E-state index in [4.69, 9.17) is 5.11 Å². The van der Waals surface area contributed by atoms with Crippen molar-refractivity contribution in [1.82, 2.24) is 9.78 Å². The lowest BCUT2D eigenvalue weighted by molar-refractivity contribution is -0.114. The van der Waals surface area contributed by atoms with Crippen molar-refractivity contribution in [2.75, 3.05) is 10.0 Å². The number of amides is 1. The van der Waals surface area contributed by atoms with Gasteiger partial charge in [0.2, 0.25) is 5.91 Å². The van der Waals surface area contributed by atoms with E-state index in [-0.39, 0.29) is 22.3 Å². The lowest BCUT2D eigenvalue weighted by Gasteiger charge is -2.07. The van der Waals surface area contributed by atoms with Crippen LogP contribution in [0, 0.1) is 0 Å². The molecule has 0 atom stereocenters. The van der Waals surface area contributed by atoms with Crippen LogP contribution in [0.2, 0.25) is 0 Å². The molecule has 23 heavy (non-hydrogen) atoms. The molecule has 1 amide bonds. The predicted molar refractivity (Wildman–Crippen MR) is 81.7 cm³/mol. The number of sulfonamides is 1.